The number of rotatable bonds is 6. The van der Waals surface area contributed by atoms with E-state index in [2.05, 4.69) is 69.2 Å². The van der Waals surface area contributed by atoms with Crippen LogP contribution in [0.1, 0.15) is 49.3 Å². The Hall–Kier alpha value is -2.13. The van der Waals surface area contributed by atoms with E-state index < -0.39 is 0 Å². The average Bonchev–Trinajstić information content (AvgIpc) is 2.82. The number of guanidine groups is 1. The number of piperidine rings is 1. The molecule has 0 aliphatic carbocycles. The van der Waals surface area contributed by atoms with Crippen LogP contribution < -0.4 is 16.0 Å². The monoisotopic (exact) mass is 561 g/mol. The van der Waals surface area contributed by atoms with Gasteiger partial charge in [-0.3, -0.25) is 14.7 Å². The molecular formula is C26H36IN5O. The second kappa shape index (κ2) is 12.4. The SMILES string of the molecule is CN=C(NCC1CC(=O)Nc2ccccc21)NCC(c1ccccc1)N1CCC(C)CC1.I. The molecule has 2 aliphatic heterocycles. The number of likely N-dealkylation sites (tertiary alicyclic amines) is 1. The number of anilines is 1. The molecule has 178 valence electrons. The number of hydrogen-bond acceptors (Lipinski definition) is 3. The molecule has 0 spiro atoms. The molecule has 0 radical (unpaired) electrons. The van der Waals surface area contributed by atoms with Gasteiger partial charge in [-0.1, -0.05) is 55.5 Å². The summed E-state index contributed by atoms with van der Waals surface area (Å²) >= 11 is 0. The van der Waals surface area contributed by atoms with E-state index in [1.54, 1.807) is 7.05 Å². The molecular weight excluding hydrogens is 525 g/mol. The second-order valence-corrected chi connectivity index (χ2v) is 9.02. The molecule has 33 heavy (non-hydrogen) atoms. The van der Waals surface area contributed by atoms with Gasteiger partial charge >= 0.3 is 0 Å². The number of halogens is 1. The van der Waals surface area contributed by atoms with Gasteiger partial charge in [-0.05, 0) is 49.0 Å². The van der Waals surface area contributed by atoms with Crippen LogP contribution in [0.15, 0.2) is 59.6 Å². The number of nitrogens with zero attached hydrogens (tertiary/aromatic N) is 2. The Morgan fingerprint density at radius 3 is 2.52 bits per heavy atom. The van der Waals surface area contributed by atoms with Crippen LogP contribution in [0.3, 0.4) is 0 Å². The van der Waals surface area contributed by atoms with Crippen molar-refractivity contribution in [2.45, 2.75) is 38.1 Å². The summed E-state index contributed by atoms with van der Waals surface area (Å²) in [4.78, 5) is 19.2. The summed E-state index contributed by atoms with van der Waals surface area (Å²) in [6.07, 6.45) is 2.98. The molecule has 6 nitrogen and oxygen atoms in total. The minimum atomic E-state index is 0. The number of hydrogen-bond donors (Lipinski definition) is 3. The van der Waals surface area contributed by atoms with Gasteiger partial charge in [0.25, 0.3) is 0 Å². The van der Waals surface area contributed by atoms with Gasteiger partial charge in [0.2, 0.25) is 5.91 Å². The average molecular weight is 562 g/mol. The molecule has 1 amide bonds. The molecule has 2 heterocycles. The fourth-order valence-electron chi connectivity index (χ4n) is 4.79. The normalized spacial score (nSPS) is 20.2. The Morgan fingerprint density at radius 1 is 1.09 bits per heavy atom. The number of para-hydroxylation sites is 1. The lowest BCUT2D eigenvalue weighted by molar-refractivity contribution is -0.116. The topological polar surface area (TPSA) is 68.8 Å². The van der Waals surface area contributed by atoms with Crippen molar-refractivity contribution < 1.29 is 4.79 Å². The molecule has 2 aromatic rings. The first-order valence-corrected chi connectivity index (χ1v) is 11.8. The highest BCUT2D eigenvalue weighted by molar-refractivity contribution is 14.0. The number of carbonyl (C=O) groups excluding carboxylic acids is 1. The molecule has 3 N–H and O–H groups in total. The number of carbonyl (C=O) groups is 1. The van der Waals surface area contributed by atoms with Crippen LogP contribution in [0.5, 0.6) is 0 Å². The fraction of sp³-hybridized carbons (Fsp3) is 0.462. The third-order valence-electron chi connectivity index (χ3n) is 6.75. The number of amides is 1. The summed E-state index contributed by atoms with van der Waals surface area (Å²) < 4.78 is 0. The van der Waals surface area contributed by atoms with Crippen molar-refractivity contribution in [1.29, 1.82) is 0 Å². The number of aliphatic imine (C=N–C) groups is 1. The Morgan fingerprint density at radius 2 is 1.79 bits per heavy atom. The van der Waals surface area contributed by atoms with Crippen molar-refractivity contribution in [2.24, 2.45) is 10.9 Å². The maximum atomic E-state index is 12.1. The molecule has 2 atom stereocenters. The maximum Gasteiger partial charge on any atom is 0.225 e. The second-order valence-electron chi connectivity index (χ2n) is 9.02. The van der Waals surface area contributed by atoms with E-state index in [4.69, 9.17) is 0 Å². The van der Waals surface area contributed by atoms with Gasteiger partial charge < -0.3 is 16.0 Å². The molecule has 4 rings (SSSR count). The predicted molar refractivity (Wildman–Crippen MR) is 146 cm³/mol. The van der Waals surface area contributed by atoms with Crippen molar-refractivity contribution in [3.05, 3.63) is 65.7 Å². The van der Waals surface area contributed by atoms with Crippen LogP contribution in [0, 0.1) is 5.92 Å². The first-order valence-electron chi connectivity index (χ1n) is 11.8. The summed E-state index contributed by atoms with van der Waals surface area (Å²) in [5.41, 5.74) is 3.43. The van der Waals surface area contributed by atoms with Crippen LogP contribution in [0.25, 0.3) is 0 Å². The minimum Gasteiger partial charge on any atom is -0.356 e. The van der Waals surface area contributed by atoms with E-state index in [9.17, 15) is 4.79 Å². The quantitative estimate of drug-likeness (QED) is 0.279. The predicted octanol–water partition coefficient (Wildman–Crippen LogP) is 4.37. The van der Waals surface area contributed by atoms with Crippen molar-refractivity contribution in [3.63, 3.8) is 0 Å². The van der Waals surface area contributed by atoms with Crippen molar-refractivity contribution in [1.82, 2.24) is 15.5 Å². The lowest BCUT2D eigenvalue weighted by atomic mass is 9.90. The zero-order chi connectivity index (χ0) is 22.3. The van der Waals surface area contributed by atoms with Gasteiger partial charge in [-0.2, -0.15) is 0 Å². The van der Waals surface area contributed by atoms with E-state index in [0.717, 1.165) is 37.2 Å². The zero-order valence-corrected chi connectivity index (χ0v) is 21.9. The number of fused-ring (bicyclic) bond motifs is 1. The highest BCUT2D eigenvalue weighted by atomic mass is 127. The lowest BCUT2D eigenvalue weighted by Gasteiger charge is -2.37. The van der Waals surface area contributed by atoms with Crippen molar-refractivity contribution in [3.8, 4) is 0 Å². The molecule has 0 saturated carbocycles. The van der Waals surface area contributed by atoms with Crippen LogP contribution in [-0.4, -0.2) is 50.0 Å². The van der Waals surface area contributed by atoms with Gasteiger partial charge in [-0.15, -0.1) is 24.0 Å². The molecule has 0 bridgehead atoms. The molecule has 2 unspecified atom stereocenters. The summed E-state index contributed by atoms with van der Waals surface area (Å²) in [6, 6.07) is 19.1. The Bertz CT molecular complexity index is 927. The van der Waals surface area contributed by atoms with Crippen molar-refractivity contribution in [2.75, 3.05) is 38.5 Å². The molecule has 7 heteroatoms. The van der Waals surface area contributed by atoms with Gasteiger partial charge in [0.1, 0.15) is 0 Å². The highest BCUT2D eigenvalue weighted by Crippen LogP contribution is 2.31. The summed E-state index contributed by atoms with van der Waals surface area (Å²) in [5, 5.41) is 9.98. The van der Waals surface area contributed by atoms with Crippen LogP contribution in [-0.2, 0) is 4.79 Å². The largest absolute Gasteiger partial charge is 0.356 e. The zero-order valence-electron chi connectivity index (χ0n) is 19.6. The number of benzene rings is 2. The van der Waals surface area contributed by atoms with E-state index >= 15 is 0 Å². The number of nitrogens with one attached hydrogen (secondary N) is 3. The summed E-state index contributed by atoms with van der Waals surface area (Å²) in [6.45, 7) is 6.06. The fourth-order valence-corrected chi connectivity index (χ4v) is 4.79. The van der Waals surface area contributed by atoms with Gasteiger partial charge in [-0.25, -0.2) is 0 Å². The third kappa shape index (κ3) is 6.69. The molecule has 2 aliphatic rings. The van der Waals surface area contributed by atoms with Gasteiger partial charge in [0.05, 0.1) is 6.04 Å². The standard InChI is InChI=1S/C26H35N5O.HI/c1-19-12-14-31(15-13-19)24(20-8-4-3-5-9-20)18-29-26(27-2)28-17-21-16-25(32)30-23-11-7-6-10-22(21)23;/h3-11,19,21,24H,12-18H2,1-2H3,(H,30,32)(H2,27,28,29);1H. The molecule has 0 aromatic heterocycles. The first-order chi connectivity index (χ1) is 15.6. The molecule has 1 saturated heterocycles. The van der Waals surface area contributed by atoms with Crippen molar-refractivity contribution >= 4 is 41.5 Å². The molecule has 2 aromatic carbocycles. The van der Waals surface area contributed by atoms with E-state index in [1.165, 1.54) is 24.0 Å². The van der Waals surface area contributed by atoms with Crippen LogP contribution >= 0.6 is 24.0 Å². The first kappa shape index (κ1) is 25.5. The lowest BCUT2D eigenvalue weighted by Crippen LogP contribution is -2.46. The van der Waals surface area contributed by atoms with E-state index in [1.807, 2.05) is 18.2 Å². The Labute approximate surface area is 214 Å². The Balaban J connectivity index is 0.00000306. The smallest absolute Gasteiger partial charge is 0.225 e. The van der Waals surface area contributed by atoms with Crippen LogP contribution in [0.4, 0.5) is 5.69 Å². The van der Waals surface area contributed by atoms with Gasteiger partial charge in [0.15, 0.2) is 5.96 Å². The van der Waals surface area contributed by atoms with E-state index in [-0.39, 0.29) is 35.8 Å². The third-order valence-corrected chi connectivity index (χ3v) is 6.75. The Kier molecular flexibility index (Phi) is 9.55. The van der Waals surface area contributed by atoms with E-state index in [0.29, 0.717) is 19.0 Å². The summed E-state index contributed by atoms with van der Waals surface area (Å²) in [5.74, 6) is 1.79. The van der Waals surface area contributed by atoms with Gasteiger partial charge in [0, 0.05) is 38.2 Å². The summed E-state index contributed by atoms with van der Waals surface area (Å²) in [7, 11) is 1.80. The minimum absolute atomic E-state index is 0. The van der Waals surface area contributed by atoms with Crippen LogP contribution in [0.2, 0.25) is 0 Å². The molecule has 1 fully saturated rings. The maximum absolute atomic E-state index is 12.1. The highest BCUT2D eigenvalue weighted by Gasteiger charge is 2.26.